The van der Waals surface area contributed by atoms with Crippen molar-refractivity contribution < 1.29 is 19.4 Å². The lowest BCUT2D eigenvalue weighted by atomic mass is 10.1. The zero-order valence-electron chi connectivity index (χ0n) is 17.9. The molecule has 0 aliphatic heterocycles. The van der Waals surface area contributed by atoms with Crippen molar-refractivity contribution in [3.63, 3.8) is 0 Å². The maximum atomic E-state index is 11.8. The number of carboxylic acid groups (broad SMARTS) is 1. The molecule has 1 aliphatic rings. The number of hydrogen-bond donors (Lipinski definition) is 4. The van der Waals surface area contributed by atoms with E-state index in [1.54, 1.807) is 6.07 Å². The molecule has 0 saturated heterocycles. The third kappa shape index (κ3) is 4.83. The minimum Gasteiger partial charge on any atom is -0.495 e. The smallest absolute Gasteiger partial charge is 0.335 e. The quantitative estimate of drug-likeness (QED) is 0.413. The number of aromatic carboxylic acids is 1. The van der Waals surface area contributed by atoms with Crippen LogP contribution in [0.5, 0.6) is 5.75 Å². The van der Waals surface area contributed by atoms with Crippen molar-refractivity contribution >= 4 is 40.9 Å². The molecule has 0 saturated carbocycles. The van der Waals surface area contributed by atoms with Crippen LogP contribution < -0.4 is 20.7 Å². The first-order valence-corrected chi connectivity index (χ1v) is 10.6. The molecule has 1 amide bonds. The van der Waals surface area contributed by atoms with E-state index in [9.17, 15) is 14.7 Å². The molecule has 4 rings (SSSR count). The van der Waals surface area contributed by atoms with E-state index >= 15 is 0 Å². The Hall–Kier alpha value is -3.85. The lowest BCUT2D eigenvalue weighted by Crippen LogP contribution is -2.37. The summed E-state index contributed by atoms with van der Waals surface area (Å²) in [6, 6.07) is 12.0. The third-order valence-electron chi connectivity index (χ3n) is 5.35. The van der Waals surface area contributed by atoms with Gasteiger partial charge in [-0.2, -0.15) is 4.98 Å². The first-order chi connectivity index (χ1) is 15.9. The molecule has 2 aromatic carbocycles. The molecule has 0 spiro atoms. The average molecular weight is 468 g/mol. The van der Waals surface area contributed by atoms with Crippen LogP contribution in [0.4, 0.5) is 17.5 Å². The lowest BCUT2D eigenvalue weighted by molar-refractivity contribution is -0.119. The molecule has 0 fully saturated rings. The number of aromatic nitrogens is 2. The number of benzene rings is 2. The Labute approximate surface area is 195 Å². The Balaban J connectivity index is 1.58. The number of amides is 1. The van der Waals surface area contributed by atoms with E-state index in [4.69, 9.17) is 16.3 Å². The highest BCUT2D eigenvalue weighted by Crippen LogP contribution is 2.35. The normalized spacial score (nSPS) is 16.6. The fourth-order valence-electron chi connectivity index (χ4n) is 3.88. The monoisotopic (exact) mass is 467 g/mol. The molecule has 1 heterocycles. The van der Waals surface area contributed by atoms with Crippen LogP contribution in [0.25, 0.3) is 0 Å². The number of carboxylic acids is 1. The van der Waals surface area contributed by atoms with Gasteiger partial charge in [0.05, 0.1) is 36.6 Å². The maximum Gasteiger partial charge on any atom is 0.335 e. The summed E-state index contributed by atoms with van der Waals surface area (Å²) < 4.78 is 5.29. The van der Waals surface area contributed by atoms with Crippen molar-refractivity contribution in [3.05, 3.63) is 70.4 Å². The second-order valence-corrected chi connectivity index (χ2v) is 7.97. The number of fused-ring (bicyclic) bond motifs is 1. The maximum absolute atomic E-state index is 11.8. The highest BCUT2D eigenvalue weighted by atomic mass is 35.5. The summed E-state index contributed by atoms with van der Waals surface area (Å²) in [7, 11) is 1.45. The first-order valence-electron chi connectivity index (χ1n) is 10.2. The van der Waals surface area contributed by atoms with Gasteiger partial charge in [0.15, 0.2) is 5.82 Å². The molecule has 3 aromatic rings. The van der Waals surface area contributed by atoms with Crippen molar-refractivity contribution in [2.24, 2.45) is 0 Å². The van der Waals surface area contributed by atoms with Crippen molar-refractivity contribution in [2.75, 3.05) is 17.7 Å². The van der Waals surface area contributed by atoms with Crippen LogP contribution in [0.15, 0.2) is 48.7 Å². The number of methoxy groups -OCH3 is 1. The molecule has 33 heavy (non-hydrogen) atoms. The number of hydrogen-bond acceptors (Lipinski definition) is 7. The van der Waals surface area contributed by atoms with Gasteiger partial charge in [-0.1, -0.05) is 35.9 Å². The molecule has 4 N–H and O–H groups in total. The van der Waals surface area contributed by atoms with Crippen molar-refractivity contribution in [1.29, 1.82) is 0 Å². The van der Waals surface area contributed by atoms with E-state index < -0.39 is 5.97 Å². The van der Waals surface area contributed by atoms with E-state index in [1.807, 2.05) is 24.3 Å². The van der Waals surface area contributed by atoms with Crippen molar-refractivity contribution in [2.45, 2.75) is 25.4 Å². The average Bonchev–Trinajstić information content (AvgIpc) is 3.12. The van der Waals surface area contributed by atoms with E-state index in [0.717, 1.165) is 11.1 Å². The van der Waals surface area contributed by atoms with Crippen LogP contribution in [0.3, 0.4) is 0 Å². The summed E-state index contributed by atoms with van der Waals surface area (Å²) in [5.41, 5.74) is 2.79. The van der Waals surface area contributed by atoms with Crippen molar-refractivity contribution in [3.8, 4) is 5.75 Å². The number of ether oxygens (including phenoxy) is 1. The van der Waals surface area contributed by atoms with E-state index in [1.165, 1.54) is 32.4 Å². The zero-order valence-corrected chi connectivity index (χ0v) is 18.7. The van der Waals surface area contributed by atoms with Crippen LogP contribution in [-0.2, 0) is 11.2 Å². The lowest BCUT2D eigenvalue weighted by Gasteiger charge is -2.23. The summed E-state index contributed by atoms with van der Waals surface area (Å²) in [5, 5.41) is 18.9. The number of anilines is 3. The van der Waals surface area contributed by atoms with Crippen LogP contribution in [0.2, 0.25) is 5.02 Å². The summed E-state index contributed by atoms with van der Waals surface area (Å²) in [6.07, 6.45) is 2.15. The zero-order chi connectivity index (χ0) is 23.5. The minimum absolute atomic E-state index is 0.0987. The predicted octanol–water partition coefficient (Wildman–Crippen LogP) is 3.79. The first kappa shape index (κ1) is 22.3. The SMILES string of the molecule is COc1cc(C(=O)O)ccc1Nc1ncc(Cl)c(N[C@@H]2Cc3ccccc3[C@@H]2NC(C)=O)n1. The number of nitrogens with one attached hydrogen (secondary N) is 3. The minimum atomic E-state index is -1.06. The van der Waals surface area contributed by atoms with E-state index in [2.05, 4.69) is 25.9 Å². The van der Waals surface area contributed by atoms with Gasteiger partial charge in [0.2, 0.25) is 11.9 Å². The highest BCUT2D eigenvalue weighted by molar-refractivity contribution is 6.32. The molecule has 170 valence electrons. The summed E-state index contributed by atoms with van der Waals surface area (Å²) in [6.45, 7) is 1.49. The fraction of sp³-hybridized carbons (Fsp3) is 0.217. The summed E-state index contributed by atoms with van der Waals surface area (Å²) in [4.78, 5) is 31.7. The van der Waals surface area contributed by atoms with Gasteiger partial charge in [-0.25, -0.2) is 9.78 Å². The molecular weight excluding hydrogens is 446 g/mol. The fourth-order valence-corrected chi connectivity index (χ4v) is 4.02. The van der Waals surface area contributed by atoms with Gasteiger partial charge < -0.3 is 25.8 Å². The van der Waals surface area contributed by atoms with E-state index in [0.29, 0.717) is 28.7 Å². The molecule has 0 unspecified atom stereocenters. The van der Waals surface area contributed by atoms with Crippen molar-refractivity contribution in [1.82, 2.24) is 15.3 Å². The second-order valence-electron chi connectivity index (χ2n) is 7.57. The topological polar surface area (TPSA) is 125 Å². The largest absolute Gasteiger partial charge is 0.495 e. The van der Waals surface area contributed by atoms with E-state index in [-0.39, 0.29) is 29.5 Å². The molecule has 10 heteroatoms. The Kier molecular flexibility index (Phi) is 6.32. The summed E-state index contributed by atoms with van der Waals surface area (Å²) in [5.74, 6) is -0.199. The Morgan fingerprint density at radius 2 is 2.00 bits per heavy atom. The Morgan fingerprint density at radius 1 is 1.21 bits per heavy atom. The number of rotatable bonds is 7. The Bertz CT molecular complexity index is 1220. The molecule has 0 radical (unpaired) electrons. The van der Waals surface area contributed by atoms with Crippen LogP contribution >= 0.6 is 11.6 Å². The molecule has 1 aliphatic carbocycles. The third-order valence-corrected chi connectivity index (χ3v) is 5.63. The predicted molar refractivity (Wildman–Crippen MR) is 124 cm³/mol. The number of carbonyl (C=O) groups is 2. The number of carbonyl (C=O) groups excluding carboxylic acids is 1. The highest BCUT2D eigenvalue weighted by Gasteiger charge is 2.33. The van der Waals surface area contributed by atoms with Gasteiger partial charge in [-0.15, -0.1) is 0 Å². The van der Waals surface area contributed by atoms with Gasteiger partial charge in [-0.3, -0.25) is 4.79 Å². The molecule has 1 aromatic heterocycles. The summed E-state index contributed by atoms with van der Waals surface area (Å²) >= 11 is 6.36. The molecule has 2 atom stereocenters. The van der Waals surface area contributed by atoms with Gasteiger partial charge in [-0.05, 0) is 35.7 Å². The number of halogens is 1. The number of nitrogens with zero attached hydrogens (tertiary/aromatic N) is 2. The standard InChI is InChI=1S/C23H22ClN5O4/c1-12(30)26-20-15-6-4-3-5-13(15)9-18(20)27-21-16(24)11-25-23(29-21)28-17-8-7-14(22(31)32)10-19(17)33-2/h3-8,10-11,18,20H,9H2,1-2H3,(H,26,30)(H,31,32)(H2,25,27,28,29)/t18-,20+/m1/s1. The van der Waals surface area contributed by atoms with Crippen LogP contribution in [0, 0.1) is 0 Å². The molecule has 0 bridgehead atoms. The molecular formula is C23H22ClN5O4. The van der Waals surface area contributed by atoms with Gasteiger partial charge in [0.1, 0.15) is 10.8 Å². The van der Waals surface area contributed by atoms with Crippen LogP contribution in [0.1, 0.15) is 34.5 Å². The van der Waals surface area contributed by atoms with Crippen LogP contribution in [-0.4, -0.2) is 40.1 Å². The van der Waals surface area contributed by atoms with Gasteiger partial charge in [0, 0.05) is 6.92 Å². The van der Waals surface area contributed by atoms with Gasteiger partial charge >= 0.3 is 5.97 Å². The molecule has 9 nitrogen and oxygen atoms in total. The second kappa shape index (κ2) is 9.33. The Morgan fingerprint density at radius 3 is 2.73 bits per heavy atom. The van der Waals surface area contributed by atoms with Gasteiger partial charge in [0.25, 0.3) is 0 Å².